The molecule has 0 fully saturated rings. The summed E-state index contributed by atoms with van der Waals surface area (Å²) in [5.74, 6) is 0. The zero-order valence-corrected chi connectivity index (χ0v) is 11.3. The van der Waals surface area contributed by atoms with Crippen molar-refractivity contribution in [1.29, 1.82) is 0 Å². The summed E-state index contributed by atoms with van der Waals surface area (Å²) in [5.41, 5.74) is 0.770. The lowest BCUT2D eigenvalue weighted by atomic mass is 10.0. The molecule has 1 heterocycles. The van der Waals surface area contributed by atoms with Crippen LogP contribution in [0.5, 0.6) is 0 Å². The molecule has 1 aromatic heterocycles. The highest BCUT2D eigenvalue weighted by molar-refractivity contribution is 5.65. The smallest absolute Gasteiger partial charge is 0.319 e. The van der Waals surface area contributed by atoms with Crippen LogP contribution in [0.2, 0.25) is 0 Å². The van der Waals surface area contributed by atoms with E-state index in [-0.39, 0.29) is 5.56 Å². The Morgan fingerprint density at radius 3 is 2.60 bits per heavy atom. The van der Waals surface area contributed by atoms with Crippen molar-refractivity contribution < 1.29 is 13.2 Å². The normalized spacial score (nSPS) is 11.8. The maximum atomic E-state index is 13.0. The van der Waals surface area contributed by atoms with E-state index >= 15 is 0 Å². The minimum Gasteiger partial charge on any atom is -0.319 e. The fraction of sp³-hybridized carbons (Fsp3) is 0.357. The zero-order chi connectivity index (χ0) is 14.8. The number of aromatic nitrogens is 2. The van der Waals surface area contributed by atoms with Gasteiger partial charge in [-0.05, 0) is 19.2 Å². The number of nitrogens with one attached hydrogen (secondary N) is 1. The first-order valence-electron chi connectivity index (χ1n) is 6.27. The second-order valence-corrected chi connectivity index (χ2v) is 4.54. The molecule has 2 rings (SSSR count). The van der Waals surface area contributed by atoms with Gasteiger partial charge in [-0.1, -0.05) is 18.2 Å². The highest BCUT2D eigenvalue weighted by Gasteiger charge is 2.34. The Hall–Kier alpha value is -1.82. The summed E-state index contributed by atoms with van der Waals surface area (Å²) in [7, 11) is 3.48. The number of alkyl halides is 3. The van der Waals surface area contributed by atoms with E-state index in [4.69, 9.17) is 0 Å². The number of rotatable bonds is 4. The van der Waals surface area contributed by atoms with Crippen LogP contribution >= 0.6 is 0 Å². The maximum absolute atomic E-state index is 13.0. The van der Waals surface area contributed by atoms with E-state index in [9.17, 15) is 13.2 Å². The van der Waals surface area contributed by atoms with Crippen molar-refractivity contribution >= 4 is 0 Å². The van der Waals surface area contributed by atoms with Gasteiger partial charge in [0.25, 0.3) is 0 Å². The molecule has 0 aliphatic carbocycles. The maximum Gasteiger partial charge on any atom is 0.417 e. The van der Waals surface area contributed by atoms with Gasteiger partial charge < -0.3 is 5.32 Å². The van der Waals surface area contributed by atoms with E-state index in [1.165, 1.54) is 16.8 Å². The zero-order valence-electron chi connectivity index (χ0n) is 11.3. The van der Waals surface area contributed by atoms with Crippen LogP contribution in [0.1, 0.15) is 11.3 Å². The van der Waals surface area contributed by atoms with Gasteiger partial charge in [0.2, 0.25) is 0 Å². The first kappa shape index (κ1) is 14.6. The fourth-order valence-corrected chi connectivity index (χ4v) is 2.11. The number of benzene rings is 1. The van der Waals surface area contributed by atoms with Crippen LogP contribution in [-0.4, -0.2) is 23.4 Å². The van der Waals surface area contributed by atoms with Crippen molar-refractivity contribution in [3.8, 4) is 11.3 Å². The quantitative estimate of drug-likeness (QED) is 0.935. The summed E-state index contributed by atoms with van der Waals surface area (Å²) in [6, 6.07) is 7.27. The van der Waals surface area contributed by atoms with E-state index in [1.807, 2.05) is 7.05 Å². The standard InChI is InChI=1S/C14H16F3N3/c1-18-8-7-10-9-13(20(2)19-10)11-5-3-4-6-12(11)14(15,16)17/h3-6,9,18H,7-8H2,1-2H3. The van der Waals surface area contributed by atoms with Gasteiger partial charge in [0.1, 0.15) is 0 Å². The lowest BCUT2D eigenvalue weighted by Crippen LogP contribution is -2.10. The molecule has 108 valence electrons. The van der Waals surface area contributed by atoms with Crippen molar-refractivity contribution in [2.45, 2.75) is 12.6 Å². The van der Waals surface area contributed by atoms with Gasteiger partial charge >= 0.3 is 6.18 Å². The molecule has 20 heavy (non-hydrogen) atoms. The Kier molecular flexibility index (Phi) is 4.13. The highest BCUT2D eigenvalue weighted by Crippen LogP contribution is 2.36. The predicted octanol–water partition coefficient (Wildman–Crippen LogP) is 2.87. The van der Waals surface area contributed by atoms with Crippen LogP contribution in [0.15, 0.2) is 30.3 Å². The highest BCUT2D eigenvalue weighted by atomic mass is 19.4. The molecule has 1 aromatic carbocycles. The van der Waals surface area contributed by atoms with Crippen molar-refractivity contribution in [3.05, 3.63) is 41.6 Å². The Labute approximate surface area is 115 Å². The molecule has 0 radical (unpaired) electrons. The molecule has 0 aliphatic heterocycles. The van der Waals surface area contributed by atoms with Crippen molar-refractivity contribution in [2.75, 3.05) is 13.6 Å². The van der Waals surface area contributed by atoms with Gasteiger partial charge in [0, 0.05) is 25.6 Å². The molecule has 2 aromatic rings. The largest absolute Gasteiger partial charge is 0.417 e. The third-order valence-electron chi connectivity index (χ3n) is 3.07. The predicted molar refractivity (Wildman–Crippen MR) is 71.3 cm³/mol. The van der Waals surface area contributed by atoms with E-state index in [0.29, 0.717) is 12.1 Å². The van der Waals surface area contributed by atoms with E-state index in [0.717, 1.165) is 18.3 Å². The number of aryl methyl sites for hydroxylation is 1. The second-order valence-electron chi connectivity index (χ2n) is 4.54. The SMILES string of the molecule is CNCCc1cc(-c2ccccc2C(F)(F)F)n(C)n1. The molecule has 3 nitrogen and oxygen atoms in total. The van der Waals surface area contributed by atoms with Crippen LogP contribution in [0, 0.1) is 0 Å². The summed E-state index contributed by atoms with van der Waals surface area (Å²) < 4.78 is 40.6. The third-order valence-corrected chi connectivity index (χ3v) is 3.07. The lowest BCUT2D eigenvalue weighted by molar-refractivity contribution is -0.137. The third kappa shape index (κ3) is 3.01. The van der Waals surface area contributed by atoms with Crippen molar-refractivity contribution in [3.63, 3.8) is 0 Å². The number of halogens is 3. The number of hydrogen-bond acceptors (Lipinski definition) is 2. The Balaban J connectivity index is 2.44. The monoisotopic (exact) mass is 283 g/mol. The molecule has 0 aliphatic rings. The molecular weight excluding hydrogens is 267 g/mol. The minimum absolute atomic E-state index is 0.158. The van der Waals surface area contributed by atoms with Crippen LogP contribution in [0.25, 0.3) is 11.3 Å². The van der Waals surface area contributed by atoms with Crippen LogP contribution in [0.3, 0.4) is 0 Å². The van der Waals surface area contributed by atoms with Crippen molar-refractivity contribution in [2.24, 2.45) is 7.05 Å². The molecule has 0 spiro atoms. The lowest BCUT2D eigenvalue weighted by Gasteiger charge is -2.12. The van der Waals surface area contributed by atoms with Crippen molar-refractivity contribution in [1.82, 2.24) is 15.1 Å². The average molecular weight is 283 g/mol. The van der Waals surface area contributed by atoms with Crippen LogP contribution in [0.4, 0.5) is 13.2 Å². The van der Waals surface area contributed by atoms with Gasteiger partial charge in [0.05, 0.1) is 17.0 Å². The molecule has 0 saturated carbocycles. The average Bonchev–Trinajstić information content (AvgIpc) is 2.76. The summed E-state index contributed by atoms with van der Waals surface area (Å²) >= 11 is 0. The molecule has 1 N–H and O–H groups in total. The molecular formula is C14H16F3N3. The summed E-state index contributed by atoms with van der Waals surface area (Å²) in [5, 5.41) is 7.25. The summed E-state index contributed by atoms with van der Waals surface area (Å²) in [6.45, 7) is 0.734. The number of nitrogens with zero attached hydrogens (tertiary/aromatic N) is 2. The van der Waals surface area contributed by atoms with Gasteiger partial charge in [0.15, 0.2) is 0 Å². The molecule has 6 heteroatoms. The Morgan fingerprint density at radius 2 is 1.95 bits per heavy atom. The Morgan fingerprint density at radius 1 is 1.25 bits per heavy atom. The molecule has 0 atom stereocenters. The fourth-order valence-electron chi connectivity index (χ4n) is 2.11. The number of likely N-dealkylation sites (N-methyl/N-ethyl adjacent to an activating group) is 1. The second kappa shape index (κ2) is 5.66. The van der Waals surface area contributed by atoms with Crippen LogP contribution < -0.4 is 5.32 Å². The topological polar surface area (TPSA) is 29.9 Å². The Bertz CT molecular complexity index is 588. The van der Waals surface area contributed by atoms with E-state index in [1.54, 1.807) is 19.2 Å². The first-order chi connectivity index (χ1) is 9.43. The summed E-state index contributed by atoms with van der Waals surface area (Å²) in [4.78, 5) is 0. The van der Waals surface area contributed by atoms with Gasteiger partial charge in [-0.15, -0.1) is 0 Å². The van der Waals surface area contributed by atoms with Gasteiger partial charge in [-0.25, -0.2) is 0 Å². The van der Waals surface area contributed by atoms with E-state index < -0.39 is 11.7 Å². The molecule has 0 saturated heterocycles. The van der Waals surface area contributed by atoms with Gasteiger partial charge in [-0.3, -0.25) is 4.68 Å². The first-order valence-corrected chi connectivity index (χ1v) is 6.27. The molecule has 0 amide bonds. The molecule has 0 bridgehead atoms. The molecule has 0 unspecified atom stereocenters. The van der Waals surface area contributed by atoms with E-state index in [2.05, 4.69) is 10.4 Å². The number of hydrogen-bond donors (Lipinski definition) is 1. The minimum atomic E-state index is -4.37. The van der Waals surface area contributed by atoms with Gasteiger partial charge in [-0.2, -0.15) is 18.3 Å². The van der Waals surface area contributed by atoms with Crippen LogP contribution in [-0.2, 0) is 19.6 Å². The summed E-state index contributed by atoms with van der Waals surface area (Å²) in [6.07, 6.45) is -3.69.